The Morgan fingerprint density at radius 2 is 2.21 bits per heavy atom. The summed E-state index contributed by atoms with van der Waals surface area (Å²) >= 11 is 1.58. The van der Waals surface area contributed by atoms with Crippen LogP contribution < -0.4 is 10.6 Å². The first-order valence-electron chi connectivity index (χ1n) is 5.93. The molecule has 0 aromatic carbocycles. The first-order chi connectivity index (χ1) is 9.31. The normalized spacial score (nSPS) is 14.8. The number of hydrogen-bond donors (Lipinski definition) is 1. The molecule has 0 saturated carbocycles. The van der Waals surface area contributed by atoms with Gasteiger partial charge in [-0.2, -0.15) is 4.98 Å². The fourth-order valence-corrected chi connectivity index (χ4v) is 3.11. The number of anilines is 2. The molecule has 19 heavy (non-hydrogen) atoms. The summed E-state index contributed by atoms with van der Waals surface area (Å²) in [5.41, 5.74) is 5.79. The summed E-state index contributed by atoms with van der Waals surface area (Å²) in [7, 11) is 0. The number of thiophene rings is 1. The van der Waals surface area contributed by atoms with E-state index in [1.165, 1.54) is 0 Å². The van der Waals surface area contributed by atoms with Crippen LogP contribution in [0.5, 0.6) is 0 Å². The van der Waals surface area contributed by atoms with Crippen LogP contribution in [0.3, 0.4) is 0 Å². The van der Waals surface area contributed by atoms with Gasteiger partial charge in [0.15, 0.2) is 5.82 Å². The highest BCUT2D eigenvalue weighted by Crippen LogP contribution is 2.30. The molecule has 2 N–H and O–H groups in total. The van der Waals surface area contributed by atoms with E-state index in [4.69, 9.17) is 5.73 Å². The Balaban J connectivity index is 1.81. The quantitative estimate of drug-likeness (QED) is 0.708. The molecule has 8 heteroatoms. The number of nitrogens with two attached hydrogens (primary N) is 1. The molecule has 3 aromatic rings. The highest BCUT2D eigenvalue weighted by Gasteiger charge is 2.21. The molecular formula is C11H11N7S. The highest BCUT2D eigenvalue weighted by molar-refractivity contribution is 7.16. The lowest BCUT2D eigenvalue weighted by molar-refractivity contribution is 0.557. The van der Waals surface area contributed by atoms with Crippen LogP contribution in [0.1, 0.15) is 5.82 Å². The molecule has 0 atom stereocenters. The molecule has 1 aliphatic heterocycles. The zero-order valence-corrected chi connectivity index (χ0v) is 10.8. The van der Waals surface area contributed by atoms with Crippen LogP contribution in [0.4, 0.5) is 11.8 Å². The predicted molar refractivity (Wildman–Crippen MR) is 72.9 cm³/mol. The molecule has 0 amide bonds. The molecule has 7 nitrogen and oxygen atoms in total. The number of rotatable bonds is 1. The van der Waals surface area contributed by atoms with Gasteiger partial charge in [0.05, 0.1) is 11.9 Å². The van der Waals surface area contributed by atoms with E-state index in [2.05, 4.69) is 29.6 Å². The van der Waals surface area contributed by atoms with E-state index in [9.17, 15) is 0 Å². The first-order valence-corrected chi connectivity index (χ1v) is 6.81. The minimum absolute atomic E-state index is 0.317. The van der Waals surface area contributed by atoms with Gasteiger partial charge < -0.3 is 15.2 Å². The van der Waals surface area contributed by atoms with Crippen LogP contribution in [-0.4, -0.2) is 31.3 Å². The molecule has 0 fully saturated rings. The lowest BCUT2D eigenvalue weighted by Crippen LogP contribution is -2.34. The Morgan fingerprint density at radius 1 is 1.26 bits per heavy atom. The van der Waals surface area contributed by atoms with Gasteiger partial charge >= 0.3 is 0 Å². The fraction of sp³-hybridized carbons (Fsp3) is 0.273. The van der Waals surface area contributed by atoms with Crippen molar-refractivity contribution in [3.63, 3.8) is 0 Å². The average molecular weight is 273 g/mol. The standard InChI is InChI=1S/C11H11N7S/c12-11-14-9(7-1-4-19-10(7)15-11)17-2-3-18-6-13-16-8(18)5-17/h1,4,6H,2-3,5H2,(H2,12,14,15). The van der Waals surface area contributed by atoms with Gasteiger partial charge in [-0.25, -0.2) is 4.98 Å². The van der Waals surface area contributed by atoms with Gasteiger partial charge in [0.1, 0.15) is 17.0 Å². The van der Waals surface area contributed by atoms with Gasteiger partial charge in [0.25, 0.3) is 0 Å². The maximum atomic E-state index is 5.79. The van der Waals surface area contributed by atoms with E-state index in [0.29, 0.717) is 12.5 Å². The summed E-state index contributed by atoms with van der Waals surface area (Å²) in [6.45, 7) is 2.42. The van der Waals surface area contributed by atoms with E-state index in [1.54, 1.807) is 17.7 Å². The summed E-state index contributed by atoms with van der Waals surface area (Å²) < 4.78 is 2.06. The van der Waals surface area contributed by atoms with Gasteiger partial charge in [-0.3, -0.25) is 0 Å². The third-order valence-corrected chi connectivity index (χ3v) is 4.07. The summed E-state index contributed by atoms with van der Waals surface area (Å²) in [5, 5.41) is 11.1. The third-order valence-electron chi connectivity index (χ3n) is 3.26. The Hall–Kier alpha value is -2.22. The van der Waals surface area contributed by atoms with Gasteiger partial charge in [0, 0.05) is 13.1 Å². The van der Waals surface area contributed by atoms with Crippen molar-refractivity contribution in [1.29, 1.82) is 0 Å². The Labute approximate surface area is 112 Å². The summed E-state index contributed by atoms with van der Waals surface area (Å²) in [6, 6.07) is 2.04. The molecule has 0 spiro atoms. The Kier molecular flexibility index (Phi) is 2.18. The zero-order chi connectivity index (χ0) is 12.8. The predicted octanol–water partition coefficient (Wildman–Crippen LogP) is 0.885. The first kappa shape index (κ1) is 10.7. The summed E-state index contributed by atoms with van der Waals surface area (Å²) in [4.78, 5) is 11.8. The van der Waals surface area contributed by atoms with Crippen LogP contribution in [0.25, 0.3) is 10.2 Å². The van der Waals surface area contributed by atoms with E-state index in [0.717, 1.165) is 34.9 Å². The van der Waals surface area contributed by atoms with Crippen molar-refractivity contribution >= 4 is 33.3 Å². The topological polar surface area (TPSA) is 85.8 Å². The molecule has 0 aliphatic carbocycles. The third kappa shape index (κ3) is 1.64. The van der Waals surface area contributed by atoms with E-state index >= 15 is 0 Å². The molecule has 0 bridgehead atoms. The minimum atomic E-state index is 0.317. The second kappa shape index (κ2) is 3.89. The number of aromatic nitrogens is 5. The largest absolute Gasteiger partial charge is 0.368 e. The number of hydrogen-bond acceptors (Lipinski definition) is 7. The molecule has 0 unspecified atom stereocenters. The van der Waals surface area contributed by atoms with E-state index in [1.807, 2.05) is 11.4 Å². The average Bonchev–Trinajstić information content (AvgIpc) is 3.04. The smallest absolute Gasteiger partial charge is 0.223 e. The molecule has 3 aromatic heterocycles. The van der Waals surface area contributed by atoms with Crippen molar-refractivity contribution in [2.24, 2.45) is 0 Å². The van der Waals surface area contributed by atoms with E-state index < -0.39 is 0 Å². The van der Waals surface area contributed by atoms with Crippen LogP contribution in [-0.2, 0) is 13.1 Å². The van der Waals surface area contributed by atoms with Gasteiger partial charge in [0.2, 0.25) is 5.95 Å². The maximum absolute atomic E-state index is 5.79. The van der Waals surface area contributed by atoms with Crippen molar-refractivity contribution in [1.82, 2.24) is 24.7 Å². The van der Waals surface area contributed by atoms with Crippen LogP contribution >= 0.6 is 11.3 Å². The molecule has 0 saturated heterocycles. The molecule has 1 aliphatic rings. The fourth-order valence-electron chi connectivity index (χ4n) is 2.34. The van der Waals surface area contributed by atoms with Crippen molar-refractivity contribution in [2.45, 2.75) is 13.1 Å². The summed E-state index contributed by atoms with van der Waals surface area (Å²) in [6.07, 6.45) is 1.77. The second-order valence-corrected chi connectivity index (χ2v) is 5.30. The zero-order valence-electron chi connectivity index (χ0n) is 10.0. The number of nitrogen functional groups attached to an aromatic ring is 1. The van der Waals surface area contributed by atoms with Crippen molar-refractivity contribution in [3.05, 3.63) is 23.6 Å². The van der Waals surface area contributed by atoms with Gasteiger partial charge in [-0.1, -0.05) is 0 Å². The van der Waals surface area contributed by atoms with Crippen LogP contribution in [0, 0.1) is 0 Å². The van der Waals surface area contributed by atoms with Gasteiger partial charge in [-0.15, -0.1) is 21.5 Å². The summed E-state index contributed by atoms with van der Waals surface area (Å²) in [5.74, 6) is 2.15. The van der Waals surface area contributed by atoms with E-state index in [-0.39, 0.29) is 0 Å². The van der Waals surface area contributed by atoms with Crippen LogP contribution in [0.2, 0.25) is 0 Å². The SMILES string of the molecule is Nc1nc(N2CCn3cnnc3C2)c2ccsc2n1. The molecule has 0 radical (unpaired) electrons. The minimum Gasteiger partial charge on any atom is -0.368 e. The molecule has 4 heterocycles. The molecule has 96 valence electrons. The highest BCUT2D eigenvalue weighted by atomic mass is 32.1. The maximum Gasteiger partial charge on any atom is 0.223 e. The van der Waals surface area contributed by atoms with Crippen LogP contribution in [0.15, 0.2) is 17.8 Å². The second-order valence-electron chi connectivity index (χ2n) is 4.41. The monoisotopic (exact) mass is 273 g/mol. The van der Waals surface area contributed by atoms with Gasteiger partial charge in [-0.05, 0) is 11.4 Å². The van der Waals surface area contributed by atoms with Crippen molar-refractivity contribution in [3.8, 4) is 0 Å². The Morgan fingerprint density at radius 3 is 3.16 bits per heavy atom. The lowest BCUT2D eigenvalue weighted by Gasteiger charge is -2.28. The molecular weight excluding hydrogens is 262 g/mol. The lowest BCUT2D eigenvalue weighted by atomic mass is 10.3. The Bertz CT molecular complexity index is 746. The molecule has 4 rings (SSSR count). The number of nitrogens with zero attached hydrogens (tertiary/aromatic N) is 6. The number of fused-ring (bicyclic) bond motifs is 2. The van der Waals surface area contributed by atoms with Crippen molar-refractivity contribution < 1.29 is 0 Å². The van der Waals surface area contributed by atoms with Crippen molar-refractivity contribution in [2.75, 3.05) is 17.2 Å².